The Balaban J connectivity index is 2.03. The molecule has 96 valence electrons. The molecule has 0 aliphatic carbocycles. The van der Waals surface area contributed by atoms with Gasteiger partial charge in [0.1, 0.15) is 9.84 Å². The average Bonchev–Trinajstić information content (AvgIpc) is 2.29. The Labute approximate surface area is 102 Å². The summed E-state index contributed by atoms with van der Waals surface area (Å²) in [5, 5.41) is 2.86. The monoisotopic (exact) mass is 257 g/mol. The van der Waals surface area contributed by atoms with Crippen LogP contribution in [0.2, 0.25) is 0 Å². The number of allylic oxidation sites excluding steroid dienone is 1. The molecule has 0 saturated carbocycles. The molecule has 1 saturated heterocycles. The SMILES string of the molecule is CS(=O)(=O)C1CCN(C2=C(N)CNC=C2)CC1. The Morgan fingerprint density at radius 2 is 2.06 bits per heavy atom. The van der Waals surface area contributed by atoms with Crippen molar-refractivity contribution in [1.29, 1.82) is 0 Å². The van der Waals surface area contributed by atoms with Crippen molar-refractivity contribution in [1.82, 2.24) is 10.2 Å². The van der Waals surface area contributed by atoms with E-state index in [1.54, 1.807) is 0 Å². The number of nitrogens with zero attached hydrogens (tertiary/aromatic N) is 1. The van der Waals surface area contributed by atoms with Gasteiger partial charge in [0.2, 0.25) is 0 Å². The summed E-state index contributed by atoms with van der Waals surface area (Å²) in [4.78, 5) is 2.17. The lowest BCUT2D eigenvalue weighted by atomic mass is 10.1. The molecular formula is C11H19N3O2S. The number of hydrogen-bond donors (Lipinski definition) is 2. The molecule has 2 heterocycles. The van der Waals surface area contributed by atoms with Crippen LogP contribution in [0.4, 0.5) is 0 Å². The van der Waals surface area contributed by atoms with Crippen molar-refractivity contribution in [2.75, 3.05) is 25.9 Å². The number of nitrogens with one attached hydrogen (secondary N) is 1. The second-order valence-electron chi connectivity index (χ2n) is 4.64. The average molecular weight is 257 g/mol. The predicted molar refractivity (Wildman–Crippen MR) is 67.8 cm³/mol. The summed E-state index contributed by atoms with van der Waals surface area (Å²) in [6.07, 6.45) is 6.55. The Morgan fingerprint density at radius 1 is 1.41 bits per heavy atom. The number of hydrogen-bond acceptors (Lipinski definition) is 5. The van der Waals surface area contributed by atoms with Crippen LogP contribution in [0.25, 0.3) is 0 Å². The standard InChI is InChI=1S/C11H19N3O2S/c1-17(15,16)9-3-6-14(7-4-9)11-2-5-13-8-10(11)12/h2,5,9,13H,3-4,6-8,12H2,1H3. The van der Waals surface area contributed by atoms with E-state index in [9.17, 15) is 8.42 Å². The fourth-order valence-corrected chi connectivity index (χ4v) is 3.40. The Kier molecular flexibility index (Phi) is 3.33. The van der Waals surface area contributed by atoms with Crippen LogP contribution in [0.1, 0.15) is 12.8 Å². The maximum Gasteiger partial charge on any atom is 0.150 e. The minimum Gasteiger partial charge on any atom is -0.399 e. The molecule has 0 unspecified atom stereocenters. The van der Waals surface area contributed by atoms with E-state index in [1.807, 2.05) is 12.3 Å². The van der Waals surface area contributed by atoms with Crippen molar-refractivity contribution in [3.63, 3.8) is 0 Å². The van der Waals surface area contributed by atoms with Gasteiger partial charge in [0.15, 0.2) is 0 Å². The van der Waals surface area contributed by atoms with E-state index >= 15 is 0 Å². The van der Waals surface area contributed by atoms with Gasteiger partial charge >= 0.3 is 0 Å². The molecule has 17 heavy (non-hydrogen) atoms. The first-order chi connectivity index (χ1) is 7.98. The molecule has 0 atom stereocenters. The van der Waals surface area contributed by atoms with E-state index in [4.69, 9.17) is 5.73 Å². The van der Waals surface area contributed by atoms with Crippen molar-refractivity contribution in [3.8, 4) is 0 Å². The molecule has 1 fully saturated rings. The lowest BCUT2D eigenvalue weighted by molar-refractivity contribution is 0.289. The summed E-state index contributed by atoms with van der Waals surface area (Å²) in [6.45, 7) is 2.19. The van der Waals surface area contributed by atoms with Crippen molar-refractivity contribution >= 4 is 9.84 Å². The molecule has 0 aromatic carbocycles. The Morgan fingerprint density at radius 3 is 2.59 bits per heavy atom. The van der Waals surface area contributed by atoms with E-state index in [0.29, 0.717) is 19.4 Å². The number of sulfone groups is 1. The highest BCUT2D eigenvalue weighted by atomic mass is 32.2. The quantitative estimate of drug-likeness (QED) is 0.715. The Hall–Kier alpha value is -1.17. The van der Waals surface area contributed by atoms with Crippen molar-refractivity contribution < 1.29 is 8.42 Å². The van der Waals surface area contributed by atoms with Crippen LogP contribution in [0.15, 0.2) is 23.7 Å². The fraction of sp³-hybridized carbons (Fsp3) is 0.636. The van der Waals surface area contributed by atoms with Crippen LogP contribution in [0, 0.1) is 0 Å². The van der Waals surface area contributed by atoms with Crippen molar-refractivity contribution in [2.24, 2.45) is 5.73 Å². The summed E-state index contributed by atoms with van der Waals surface area (Å²) in [6, 6.07) is 0. The summed E-state index contributed by atoms with van der Waals surface area (Å²) < 4.78 is 22.9. The summed E-state index contributed by atoms with van der Waals surface area (Å²) in [7, 11) is -2.90. The Bertz CT molecular complexity index is 445. The molecule has 2 aliphatic heterocycles. The minimum atomic E-state index is -2.90. The zero-order valence-electron chi connectivity index (χ0n) is 10.0. The van der Waals surface area contributed by atoms with Crippen LogP contribution < -0.4 is 11.1 Å². The van der Waals surface area contributed by atoms with Gasteiger partial charge in [0.05, 0.1) is 23.2 Å². The first kappa shape index (κ1) is 12.3. The number of piperidine rings is 1. The summed E-state index contributed by atoms with van der Waals surface area (Å²) in [5.41, 5.74) is 7.80. The third kappa shape index (κ3) is 2.74. The van der Waals surface area contributed by atoms with Gasteiger partial charge in [-0.2, -0.15) is 0 Å². The lowest BCUT2D eigenvalue weighted by Crippen LogP contribution is -2.40. The fourth-order valence-electron chi connectivity index (χ4n) is 2.34. The van der Waals surface area contributed by atoms with Gasteiger partial charge in [0.25, 0.3) is 0 Å². The molecule has 0 spiro atoms. The summed E-state index contributed by atoms with van der Waals surface area (Å²) in [5.74, 6) is 0. The first-order valence-corrected chi connectivity index (χ1v) is 7.76. The number of dihydropyridines is 1. The highest BCUT2D eigenvalue weighted by Crippen LogP contribution is 2.22. The van der Waals surface area contributed by atoms with Gasteiger partial charge in [-0.1, -0.05) is 0 Å². The molecule has 0 aromatic heterocycles. The normalized spacial score (nSPS) is 22.8. The van der Waals surface area contributed by atoms with Crippen molar-refractivity contribution in [3.05, 3.63) is 23.7 Å². The summed E-state index contributed by atoms with van der Waals surface area (Å²) >= 11 is 0. The van der Waals surface area contributed by atoms with Crippen LogP contribution >= 0.6 is 0 Å². The van der Waals surface area contributed by atoms with Crippen LogP contribution in [0.5, 0.6) is 0 Å². The van der Waals surface area contributed by atoms with E-state index in [2.05, 4.69) is 10.2 Å². The number of nitrogens with two attached hydrogens (primary N) is 1. The molecule has 0 bridgehead atoms. The van der Waals surface area contributed by atoms with Gasteiger partial charge < -0.3 is 16.0 Å². The number of likely N-dealkylation sites (tertiary alicyclic amines) is 1. The van der Waals surface area contributed by atoms with Gasteiger partial charge in [-0.3, -0.25) is 0 Å². The molecule has 0 aromatic rings. The molecule has 0 amide bonds. The second-order valence-corrected chi connectivity index (χ2v) is 6.97. The van der Waals surface area contributed by atoms with Gasteiger partial charge in [-0.15, -0.1) is 0 Å². The largest absolute Gasteiger partial charge is 0.399 e. The first-order valence-electron chi connectivity index (χ1n) is 5.81. The zero-order chi connectivity index (χ0) is 12.5. The van der Waals surface area contributed by atoms with E-state index in [1.165, 1.54) is 6.26 Å². The van der Waals surface area contributed by atoms with Gasteiger partial charge in [-0.05, 0) is 25.1 Å². The number of rotatable bonds is 2. The smallest absolute Gasteiger partial charge is 0.150 e. The zero-order valence-corrected chi connectivity index (χ0v) is 10.8. The molecule has 5 nitrogen and oxygen atoms in total. The van der Waals surface area contributed by atoms with Crippen LogP contribution in [-0.2, 0) is 9.84 Å². The third-order valence-corrected chi connectivity index (χ3v) is 5.05. The molecule has 2 aliphatic rings. The topological polar surface area (TPSA) is 75.4 Å². The van der Waals surface area contributed by atoms with Gasteiger partial charge in [0, 0.05) is 19.3 Å². The van der Waals surface area contributed by atoms with Crippen LogP contribution in [-0.4, -0.2) is 44.5 Å². The third-order valence-electron chi connectivity index (χ3n) is 3.37. The molecule has 2 rings (SSSR count). The molecular weight excluding hydrogens is 238 g/mol. The van der Waals surface area contributed by atoms with E-state index in [-0.39, 0.29) is 5.25 Å². The molecule has 6 heteroatoms. The predicted octanol–water partition coefficient (Wildman–Crippen LogP) is -0.217. The van der Waals surface area contributed by atoms with Gasteiger partial charge in [-0.25, -0.2) is 8.42 Å². The second kappa shape index (κ2) is 4.60. The maximum absolute atomic E-state index is 11.5. The minimum absolute atomic E-state index is 0.189. The highest BCUT2D eigenvalue weighted by molar-refractivity contribution is 7.91. The van der Waals surface area contributed by atoms with E-state index < -0.39 is 9.84 Å². The van der Waals surface area contributed by atoms with E-state index in [0.717, 1.165) is 24.5 Å². The maximum atomic E-state index is 11.5. The highest BCUT2D eigenvalue weighted by Gasteiger charge is 2.27. The molecule has 3 N–H and O–H groups in total. The molecule has 0 radical (unpaired) electrons. The van der Waals surface area contributed by atoms with Crippen LogP contribution in [0.3, 0.4) is 0 Å². The lowest BCUT2D eigenvalue weighted by Gasteiger charge is -2.35. The van der Waals surface area contributed by atoms with Crippen molar-refractivity contribution in [2.45, 2.75) is 18.1 Å².